The summed E-state index contributed by atoms with van der Waals surface area (Å²) >= 11 is 0. The number of fused-ring (bicyclic) bond motifs is 3. The van der Waals surface area contributed by atoms with Crippen LogP contribution in [0.4, 0.5) is 5.69 Å². The largest absolute Gasteiger partial charge is 0.497 e. The summed E-state index contributed by atoms with van der Waals surface area (Å²) in [5.41, 5.74) is 7.81. The predicted octanol–water partition coefficient (Wildman–Crippen LogP) is 5.29. The number of benzene rings is 3. The molecule has 0 unspecified atom stereocenters. The molecule has 5 nitrogen and oxygen atoms in total. The molecule has 3 atom stereocenters. The van der Waals surface area contributed by atoms with Gasteiger partial charge in [-0.05, 0) is 71.5 Å². The molecule has 3 aromatic carbocycles. The van der Waals surface area contributed by atoms with E-state index in [9.17, 15) is 4.79 Å². The van der Waals surface area contributed by atoms with E-state index >= 15 is 0 Å². The van der Waals surface area contributed by atoms with Gasteiger partial charge in [0.2, 0.25) is 0 Å². The molecule has 0 spiro atoms. The average molecular weight is 424 g/mol. The number of amides is 1. The van der Waals surface area contributed by atoms with E-state index in [1.165, 1.54) is 16.8 Å². The van der Waals surface area contributed by atoms with Gasteiger partial charge < -0.3 is 10.1 Å². The maximum absolute atomic E-state index is 12.5. The Morgan fingerprint density at radius 3 is 2.62 bits per heavy atom. The summed E-state index contributed by atoms with van der Waals surface area (Å²) in [6, 6.07) is 24.0. The fourth-order valence-corrected chi connectivity index (χ4v) is 4.64. The van der Waals surface area contributed by atoms with Gasteiger partial charge in [0.05, 0.1) is 19.4 Å². The van der Waals surface area contributed by atoms with Gasteiger partial charge in [-0.25, -0.2) is 5.43 Å². The molecular formula is C27H25N3O2. The third-order valence-electron chi connectivity index (χ3n) is 6.30. The first kappa shape index (κ1) is 20.1. The lowest BCUT2D eigenvalue weighted by atomic mass is 9.77. The number of rotatable bonds is 5. The van der Waals surface area contributed by atoms with Crippen LogP contribution in [0.25, 0.3) is 0 Å². The molecule has 0 fully saturated rings. The molecule has 1 heterocycles. The zero-order chi connectivity index (χ0) is 21.9. The van der Waals surface area contributed by atoms with Crippen molar-refractivity contribution in [1.29, 1.82) is 0 Å². The Morgan fingerprint density at radius 2 is 1.84 bits per heavy atom. The molecule has 0 bridgehead atoms. The van der Waals surface area contributed by atoms with Crippen molar-refractivity contribution in [2.45, 2.75) is 18.4 Å². The highest BCUT2D eigenvalue weighted by Crippen LogP contribution is 2.49. The lowest BCUT2D eigenvalue weighted by Gasteiger charge is -2.37. The Balaban J connectivity index is 1.27. The maximum Gasteiger partial charge on any atom is 0.271 e. The van der Waals surface area contributed by atoms with Crippen LogP contribution in [0, 0.1) is 5.92 Å². The third kappa shape index (κ3) is 3.89. The minimum Gasteiger partial charge on any atom is -0.497 e. The predicted molar refractivity (Wildman–Crippen MR) is 127 cm³/mol. The van der Waals surface area contributed by atoms with Crippen LogP contribution in [-0.2, 0) is 0 Å². The number of carbonyl (C=O) groups is 1. The molecule has 0 radical (unpaired) electrons. The summed E-state index contributed by atoms with van der Waals surface area (Å²) in [6.07, 6.45) is 7.29. The quantitative estimate of drug-likeness (QED) is 0.333. The van der Waals surface area contributed by atoms with Crippen molar-refractivity contribution in [3.63, 3.8) is 0 Å². The topological polar surface area (TPSA) is 62.7 Å². The number of carbonyl (C=O) groups excluding carboxylic acids is 1. The SMILES string of the molecule is COc1ccc(/C=N\NC(=O)c2ccc([C@H]3Nc4ccccc4[C@H]4C=CC[C@H]43)cc2)cc1. The Hall–Kier alpha value is -3.86. The number of ether oxygens (including phenoxy) is 1. The number of nitrogens with zero attached hydrogens (tertiary/aromatic N) is 1. The smallest absolute Gasteiger partial charge is 0.271 e. The molecule has 0 saturated heterocycles. The van der Waals surface area contributed by atoms with Crippen molar-refractivity contribution in [3.8, 4) is 5.75 Å². The van der Waals surface area contributed by atoms with E-state index in [-0.39, 0.29) is 11.9 Å². The van der Waals surface area contributed by atoms with E-state index in [2.05, 4.69) is 52.3 Å². The molecule has 1 amide bonds. The lowest BCUT2D eigenvalue weighted by molar-refractivity contribution is 0.0955. The van der Waals surface area contributed by atoms with Crippen LogP contribution >= 0.6 is 0 Å². The van der Waals surface area contributed by atoms with Gasteiger partial charge in [0, 0.05) is 17.2 Å². The van der Waals surface area contributed by atoms with Gasteiger partial charge in [0.1, 0.15) is 5.75 Å². The van der Waals surface area contributed by atoms with E-state index in [1.54, 1.807) is 13.3 Å². The molecule has 5 rings (SSSR count). The summed E-state index contributed by atoms with van der Waals surface area (Å²) in [6.45, 7) is 0. The monoisotopic (exact) mass is 423 g/mol. The van der Waals surface area contributed by atoms with Crippen LogP contribution in [0.5, 0.6) is 5.75 Å². The average Bonchev–Trinajstić information content (AvgIpc) is 3.34. The minimum atomic E-state index is -0.233. The standard InChI is InChI=1S/C27H25N3O2/c1-32-21-15-9-18(10-16-21)17-28-30-27(31)20-13-11-19(12-14-20)26-24-7-4-6-22(24)23-5-2-3-8-25(23)29-26/h2-6,8-17,22,24,26,29H,7H2,1H3,(H,30,31)/b28-17-/t22-,24-,26-/m1/s1. The first-order valence-electron chi connectivity index (χ1n) is 10.8. The van der Waals surface area contributed by atoms with Gasteiger partial charge in [-0.15, -0.1) is 0 Å². The number of hydrogen-bond acceptors (Lipinski definition) is 4. The molecule has 5 heteroatoms. The van der Waals surface area contributed by atoms with Crippen molar-refractivity contribution in [3.05, 3.63) is 107 Å². The van der Waals surface area contributed by atoms with E-state index < -0.39 is 0 Å². The molecule has 1 aliphatic carbocycles. The van der Waals surface area contributed by atoms with E-state index in [0.29, 0.717) is 17.4 Å². The highest BCUT2D eigenvalue weighted by Gasteiger charge is 2.37. The summed E-state index contributed by atoms with van der Waals surface area (Å²) in [5, 5.41) is 7.79. The molecule has 160 valence electrons. The van der Waals surface area contributed by atoms with Gasteiger partial charge in [0.15, 0.2) is 0 Å². The summed E-state index contributed by atoms with van der Waals surface area (Å²) in [4.78, 5) is 12.5. The second kappa shape index (κ2) is 8.71. The van der Waals surface area contributed by atoms with Crippen LogP contribution in [0.2, 0.25) is 0 Å². The number of para-hydroxylation sites is 1. The Labute approximate surface area is 187 Å². The number of hydrogen-bond donors (Lipinski definition) is 2. The molecule has 2 N–H and O–H groups in total. The number of hydrazone groups is 1. The Bertz CT molecular complexity index is 1170. The second-order valence-electron chi connectivity index (χ2n) is 8.16. The molecule has 2 aliphatic rings. The number of allylic oxidation sites excluding steroid dienone is 2. The van der Waals surface area contributed by atoms with Crippen molar-refractivity contribution in [1.82, 2.24) is 5.43 Å². The van der Waals surface area contributed by atoms with Gasteiger partial charge in [-0.3, -0.25) is 4.79 Å². The van der Waals surface area contributed by atoms with Gasteiger partial charge >= 0.3 is 0 Å². The van der Waals surface area contributed by atoms with Crippen molar-refractivity contribution >= 4 is 17.8 Å². The van der Waals surface area contributed by atoms with E-state index in [4.69, 9.17) is 4.74 Å². The van der Waals surface area contributed by atoms with E-state index in [0.717, 1.165) is 17.7 Å². The Morgan fingerprint density at radius 1 is 1.06 bits per heavy atom. The molecule has 0 aromatic heterocycles. The van der Waals surface area contributed by atoms with E-state index in [1.807, 2.05) is 48.5 Å². The molecule has 32 heavy (non-hydrogen) atoms. The first-order valence-corrected chi connectivity index (χ1v) is 10.8. The summed E-state index contributed by atoms with van der Waals surface area (Å²) in [5.74, 6) is 1.47. The molecule has 0 saturated carbocycles. The Kier molecular flexibility index (Phi) is 5.46. The number of nitrogens with one attached hydrogen (secondary N) is 2. The fraction of sp³-hybridized carbons (Fsp3) is 0.185. The van der Waals surface area contributed by atoms with Gasteiger partial charge in [-0.1, -0.05) is 42.5 Å². The van der Waals surface area contributed by atoms with Crippen LogP contribution in [0.1, 0.15) is 45.4 Å². The summed E-state index contributed by atoms with van der Waals surface area (Å²) in [7, 11) is 1.63. The maximum atomic E-state index is 12.5. The highest BCUT2D eigenvalue weighted by molar-refractivity contribution is 5.94. The minimum absolute atomic E-state index is 0.218. The second-order valence-corrected chi connectivity index (χ2v) is 8.16. The highest BCUT2D eigenvalue weighted by atomic mass is 16.5. The first-order chi connectivity index (χ1) is 15.7. The van der Waals surface area contributed by atoms with Crippen LogP contribution in [0.15, 0.2) is 90.0 Å². The van der Waals surface area contributed by atoms with Gasteiger partial charge in [0.25, 0.3) is 5.91 Å². The van der Waals surface area contributed by atoms with Crippen molar-refractivity contribution in [2.24, 2.45) is 11.0 Å². The van der Waals surface area contributed by atoms with Crippen LogP contribution in [-0.4, -0.2) is 19.2 Å². The van der Waals surface area contributed by atoms with Gasteiger partial charge in [-0.2, -0.15) is 5.10 Å². The summed E-state index contributed by atoms with van der Waals surface area (Å²) < 4.78 is 5.14. The number of anilines is 1. The zero-order valence-corrected chi connectivity index (χ0v) is 17.9. The number of methoxy groups -OCH3 is 1. The molecular weight excluding hydrogens is 398 g/mol. The normalized spacial score (nSPS) is 21.0. The van der Waals surface area contributed by atoms with Crippen LogP contribution < -0.4 is 15.5 Å². The van der Waals surface area contributed by atoms with Crippen molar-refractivity contribution < 1.29 is 9.53 Å². The zero-order valence-electron chi connectivity index (χ0n) is 17.9. The van der Waals surface area contributed by atoms with Crippen molar-refractivity contribution in [2.75, 3.05) is 12.4 Å². The molecule has 3 aromatic rings. The van der Waals surface area contributed by atoms with Crippen LogP contribution in [0.3, 0.4) is 0 Å². The fourth-order valence-electron chi connectivity index (χ4n) is 4.64. The third-order valence-corrected chi connectivity index (χ3v) is 6.30. The lowest BCUT2D eigenvalue weighted by Crippen LogP contribution is -2.29. The molecule has 1 aliphatic heterocycles.